The summed E-state index contributed by atoms with van der Waals surface area (Å²) in [7, 11) is 1.66. The molecule has 0 bridgehead atoms. The van der Waals surface area contributed by atoms with Gasteiger partial charge in [-0.15, -0.1) is 0 Å². The van der Waals surface area contributed by atoms with Crippen LogP contribution in [0.25, 0.3) is 5.65 Å². The monoisotopic (exact) mass is 459 g/mol. The van der Waals surface area contributed by atoms with Crippen LogP contribution in [0.1, 0.15) is 42.1 Å². The number of aromatic nitrogens is 4. The minimum Gasteiger partial charge on any atom is -0.391 e. The van der Waals surface area contributed by atoms with E-state index in [-0.39, 0.29) is 47.2 Å². The van der Waals surface area contributed by atoms with E-state index < -0.39 is 24.0 Å². The Hall–Kier alpha value is -3.54. The average Bonchev–Trinajstić information content (AvgIpc) is 3.21. The molecule has 33 heavy (non-hydrogen) atoms. The third kappa shape index (κ3) is 3.59. The first-order valence-corrected chi connectivity index (χ1v) is 10.7. The Bertz CT molecular complexity index is 1290. The lowest BCUT2D eigenvalue weighted by Gasteiger charge is -2.36. The average molecular weight is 459 g/mol. The summed E-state index contributed by atoms with van der Waals surface area (Å²) in [6, 6.07) is 3.42. The SMILES string of the molecule is CNc1cc(Nc2cccn([C@H]3CC[C@H]3O)c2=O)nc2c(C(=O)NC3CCC3(F)F)cnn12. The minimum absolute atomic E-state index is 0.0425. The molecule has 0 spiro atoms. The molecule has 0 saturated heterocycles. The molecular weight excluding hydrogens is 436 g/mol. The summed E-state index contributed by atoms with van der Waals surface area (Å²) in [6.07, 6.45) is 3.66. The lowest BCUT2D eigenvalue weighted by Crippen LogP contribution is -2.55. The van der Waals surface area contributed by atoms with Crippen LogP contribution in [0.4, 0.5) is 26.1 Å². The molecule has 1 amide bonds. The van der Waals surface area contributed by atoms with Gasteiger partial charge in [-0.3, -0.25) is 9.59 Å². The Morgan fingerprint density at radius 2 is 2.12 bits per heavy atom. The Kier molecular flexibility index (Phi) is 5.04. The Morgan fingerprint density at radius 3 is 2.73 bits per heavy atom. The highest BCUT2D eigenvalue weighted by Crippen LogP contribution is 2.37. The van der Waals surface area contributed by atoms with Crippen LogP contribution in [0.2, 0.25) is 0 Å². The van der Waals surface area contributed by atoms with Crippen molar-refractivity contribution < 1.29 is 18.7 Å². The number of carbonyl (C=O) groups is 1. The number of nitrogens with zero attached hydrogens (tertiary/aromatic N) is 4. The van der Waals surface area contributed by atoms with Crippen molar-refractivity contribution in [2.45, 2.75) is 49.8 Å². The van der Waals surface area contributed by atoms with Crippen molar-refractivity contribution >= 4 is 28.9 Å². The van der Waals surface area contributed by atoms with E-state index in [2.05, 4.69) is 26.0 Å². The highest BCUT2D eigenvalue weighted by Gasteiger charge is 2.49. The van der Waals surface area contributed by atoms with Crippen molar-refractivity contribution in [3.05, 3.63) is 46.5 Å². The maximum absolute atomic E-state index is 13.6. The van der Waals surface area contributed by atoms with Gasteiger partial charge in [-0.2, -0.15) is 9.61 Å². The number of rotatable bonds is 6. The fourth-order valence-electron chi connectivity index (χ4n) is 4.08. The van der Waals surface area contributed by atoms with Gasteiger partial charge in [-0.25, -0.2) is 13.8 Å². The predicted molar refractivity (Wildman–Crippen MR) is 116 cm³/mol. The van der Waals surface area contributed by atoms with Gasteiger partial charge in [0.2, 0.25) is 0 Å². The number of halogens is 2. The van der Waals surface area contributed by atoms with Gasteiger partial charge in [0.25, 0.3) is 17.4 Å². The van der Waals surface area contributed by atoms with E-state index in [1.54, 1.807) is 31.4 Å². The second kappa shape index (κ2) is 7.80. The van der Waals surface area contributed by atoms with Crippen molar-refractivity contribution in [1.82, 2.24) is 24.5 Å². The molecule has 0 radical (unpaired) electrons. The van der Waals surface area contributed by atoms with Crippen LogP contribution >= 0.6 is 0 Å². The van der Waals surface area contributed by atoms with Gasteiger partial charge in [0.05, 0.1) is 24.4 Å². The molecule has 2 aliphatic rings. The molecule has 2 saturated carbocycles. The largest absolute Gasteiger partial charge is 0.391 e. The second-order valence-electron chi connectivity index (χ2n) is 8.37. The smallest absolute Gasteiger partial charge is 0.274 e. The van der Waals surface area contributed by atoms with Crippen LogP contribution in [0.5, 0.6) is 0 Å². The van der Waals surface area contributed by atoms with Crippen molar-refractivity contribution in [3.63, 3.8) is 0 Å². The first-order chi connectivity index (χ1) is 15.8. The Morgan fingerprint density at radius 1 is 1.30 bits per heavy atom. The van der Waals surface area contributed by atoms with Gasteiger partial charge in [-0.05, 0) is 31.4 Å². The van der Waals surface area contributed by atoms with E-state index in [1.807, 2.05) is 0 Å². The molecule has 0 aliphatic heterocycles. The first kappa shape index (κ1) is 21.3. The third-order valence-electron chi connectivity index (χ3n) is 6.35. The van der Waals surface area contributed by atoms with Crippen molar-refractivity contribution in [3.8, 4) is 0 Å². The number of hydrogen-bond donors (Lipinski definition) is 4. The maximum atomic E-state index is 13.6. The zero-order chi connectivity index (χ0) is 23.3. The van der Waals surface area contributed by atoms with Crippen molar-refractivity contribution in [1.29, 1.82) is 0 Å². The molecule has 2 fully saturated rings. The molecular formula is C21H23F2N7O3. The number of pyridine rings is 1. The summed E-state index contributed by atoms with van der Waals surface area (Å²) in [5, 5.41) is 22.4. The number of nitrogens with one attached hydrogen (secondary N) is 3. The number of aliphatic hydroxyl groups excluding tert-OH is 1. The number of carbonyl (C=O) groups excluding carboxylic acids is 1. The van der Waals surface area contributed by atoms with Gasteiger partial charge < -0.3 is 25.6 Å². The zero-order valence-corrected chi connectivity index (χ0v) is 17.8. The molecule has 174 valence electrons. The summed E-state index contributed by atoms with van der Waals surface area (Å²) in [5.41, 5.74) is 0.124. The third-order valence-corrected chi connectivity index (χ3v) is 6.35. The lowest BCUT2D eigenvalue weighted by atomic mass is 9.88. The van der Waals surface area contributed by atoms with Crippen LogP contribution in [-0.2, 0) is 0 Å². The van der Waals surface area contributed by atoms with E-state index in [9.17, 15) is 23.5 Å². The highest BCUT2D eigenvalue weighted by molar-refractivity contribution is 6.00. The summed E-state index contributed by atoms with van der Waals surface area (Å²) < 4.78 is 30.1. The van der Waals surface area contributed by atoms with Crippen LogP contribution < -0.4 is 21.5 Å². The fourth-order valence-corrected chi connectivity index (χ4v) is 4.08. The number of amides is 1. The van der Waals surface area contributed by atoms with E-state index >= 15 is 0 Å². The summed E-state index contributed by atoms with van der Waals surface area (Å²) >= 11 is 0. The number of aliphatic hydroxyl groups is 1. The standard InChI is InChI=1S/C21H23F2N7O3/c1-24-17-9-16(26-12-3-2-8-29(20(12)33)13-4-5-14(13)31)28-18-11(10-25-30(17)18)19(32)27-15-6-7-21(15,22)23/h2-3,8-10,13-15,24,31H,4-7H2,1H3,(H,26,28)(H,27,32)/t13-,14+,15?/m0/s1. The molecule has 2 aliphatic carbocycles. The number of alkyl halides is 2. The quantitative estimate of drug-likeness (QED) is 0.444. The van der Waals surface area contributed by atoms with E-state index in [0.717, 1.165) is 0 Å². The van der Waals surface area contributed by atoms with Gasteiger partial charge in [0, 0.05) is 25.7 Å². The van der Waals surface area contributed by atoms with Crippen LogP contribution in [0.15, 0.2) is 35.4 Å². The van der Waals surface area contributed by atoms with Crippen molar-refractivity contribution in [2.75, 3.05) is 17.7 Å². The summed E-state index contributed by atoms with van der Waals surface area (Å²) in [5.74, 6) is -2.88. The normalized spacial score (nSPS) is 23.5. The summed E-state index contributed by atoms with van der Waals surface area (Å²) in [4.78, 5) is 30.0. The summed E-state index contributed by atoms with van der Waals surface area (Å²) in [6.45, 7) is 0. The van der Waals surface area contributed by atoms with Crippen LogP contribution in [0.3, 0.4) is 0 Å². The first-order valence-electron chi connectivity index (χ1n) is 10.7. The minimum atomic E-state index is -2.92. The molecule has 3 aromatic heterocycles. The number of anilines is 3. The van der Waals surface area contributed by atoms with E-state index in [4.69, 9.17) is 0 Å². The predicted octanol–water partition coefficient (Wildman–Crippen LogP) is 1.90. The Labute approximate surface area is 186 Å². The maximum Gasteiger partial charge on any atom is 0.274 e. The number of hydrogen-bond acceptors (Lipinski definition) is 7. The van der Waals surface area contributed by atoms with Gasteiger partial charge >= 0.3 is 0 Å². The zero-order valence-electron chi connectivity index (χ0n) is 17.8. The molecule has 3 heterocycles. The Balaban J connectivity index is 1.47. The highest BCUT2D eigenvalue weighted by atomic mass is 19.3. The van der Waals surface area contributed by atoms with E-state index in [0.29, 0.717) is 18.7 Å². The molecule has 10 nitrogen and oxygen atoms in total. The van der Waals surface area contributed by atoms with Crippen LogP contribution in [0, 0.1) is 0 Å². The second-order valence-corrected chi connectivity index (χ2v) is 8.37. The van der Waals surface area contributed by atoms with Gasteiger partial charge in [0.15, 0.2) is 5.65 Å². The van der Waals surface area contributed by atoms with Gasteiger partial charge in [-0.1, -0.05) is 0 Å². The molecule has 0 aromatic carbocycles. The molecule has 3 aromatic rings. The topological polar surface area (TPSA) is 126 Å². The van der Waals surface area contributed by atoms with Crippen molar-refractivity contribution in [2.24, 2.45) is 0 Å². The molecule has 3 atom stereocenters. The molecule has 4 N–H and O–H groups in total. The fraction of sp³-hybridized carbons (Fsp3) is 0.429. The molecule has 12 heteroatoms. The van der Waals surface area contributed by atoms with Crippen LogP contribution in [-0.4, -0.2) is 55.3 Å². The lowest BCUT2D eigenvalue weighted by molar-refractivity contribution is -0.102. The van der Waals surface area contributed by atoms with Gasteiger partial charge in [0.1, 0.15) is 22.9 Å². The molecule has 1 unspecified atom stereocenters. The number of fused-ring (bicyclic) bond motifs is 1. The molecule has 5 rings (SSSR count). The van der Waals surface area contributed by atoms with E-state index in [1.165, 1.54) is 15.3 Å².